The van der Waals surface area contributed by atoms with Crippen LogP contribution in [-0.4, -0.2) is 63.1 Å². The summed E-state index contributed by atoms with van der Waals surface area (Å²) in [5.41, 5.74) is 1.02. The Kier molecular flexibility index (Phi) is 4.43. The predicted molar refractivity (Wildman–Crippen MR) is 85.4 cm³/mol. The van der Waals surface area contributed by atoms with Crippen molar-refractivity contribution in [3.63, 3.8) is 0 Å². The molecule has 0 saturated carbocycles. The summed E-state index contributed by atoms with van der Waals surface area (Å²) < 4.78 is 33.7. The summed E-state index contributed by atoms with van der Waals surface area (Å²) in [7, 11) is -1.65. The zero-order valence-corrected chi connectivity index (χ0v) is 14.2. The maximum Gasteiger partial charge on any atom is 0.243 e. The molecule has 0 N–H and O–H groups in total. The number of nitriles is 1. The number of sulfonamides is 1. The number of ether oxygens (including phenoxy) is 1. The monoisotopic (exact) mass is 335 g/mol. The minimum atomic E-state index is -3.64. The summed E-state index contributed by atoms with van der Waals surface area (Å²) in [6, 6.07) is 6.66. The number of piperidine rings is 1. The van der Waals surface area contributed by atoms with Crippen LogP contribution in [0, 0.1) is 18.3 Å². The third-order valence-electron chi connectivity index (χ3n) is 4.64. The molecule has 6 nitrogen and oxygen atoms in total. The molecule has 0 radical (unpaired) electrons. The molecule has 2 aliphatic heterocycles. The first-order chi connectivity index (χ1) is 10.9. The van der Waals surface area contributed by atoms with E-state index in [1.54, 1.807) is 23.4 Å². The van der Waals surface area contributed by atoms with Gasteiger partial charge in [0.25, 0.3) is 0 Å². The highest BCUT2D eigenvalue weighted by Gasteiger charge is 2.42. The van der Waals surface area contributed by atoms with Gasteiger partial charge in [-0.25, -0.2) is 8.42 Å². The van der Waals surface area contributed by atoms with Crippen LogP contribution in [0.3, 0.4) is 0 Å². The summed E-state index contributed by atoms with van der Waals surface area (Å²) in [4.78, 5) is 2.36. The Morgan fingerprint density at radius 2 is 2.13 bits per heavy atom. The van der Waals surface area contributed by atoms with E-state index in [1.165, 1.54) is 6.07 Å². The highest BCUT2D eigenvalue weighted by Crippen LogP contribution is 2.29. The van der Waals surface area contributed by atoms with Crippen LogP contribution in [0.15, 0.2) is 23.1 Å². The van der Waals surface area contributed by atoms with Gasteiger partial charge >= 0.3 is 0 Å². The molecule has 124 valence electrons. The molecule has 0 spiro atoms. The van der Waals surface area contributed by atoms with Crippen LogP contribution in [0.25, 0.3) is 0 Å². The summed E-state index contributed by atoms with van der Waals surface area (Å²) in [6.45, 7) is 4.12. The quantitative estimate of drug-likeness (QED) is 0.805. The topological polar surface area (TPSA) is 73.6 Å². The van der Waals surface area contributed by atoms with E-state index >= 15 is 0 Å². The van der Waals surface area contributed by atoms with Gasteiger partial charge in [-0.1, -0.05) is 6.07 Å². The number of aryl methyl sites for hydroxylation is 1. The fraction of sp³-hybridized carbons (Fsp3) is 0.562. The molecule has 0 amide bonds. The van der Waals surface area contributed by atoms with E-state index in [1.807, 2.05) is 13.1 Å². The standard InChI is InChI=1S/C16H21N3O3S/c1-12-3-4-13(10-17)9-16(12)23(20,21)19-7-8-22-15-5-6-18(2)11-14(15)19/h3-4,9,14-15H,5-8,11H2,1-2H3/t14-,15+/m1/s1. The molecule has 3 rings (SSSR count). The van der Waals surface area contributed by atoms with Gasteiger partial charge in [-0.05, 0) is 38.1 Å². The van der Waals surface area contributed by atoms with Gasteiger partial charge in [-0.3, -0.25) is 0 Å². The van der Waals surface area contributed by atoms with E-state index in [0.29, 0.717) is 30.8 Å². The van der Waals surface area contributed by atoms with Gasteiger partial charge < -0.3 is 9.64 Å². The average Bonchev–Trinajstić information content (AvgIpc) is 2.54. The minimum absolute atomic E-state index is 0.0471. The van der Waals surface area contributed by atoms with Crippen molar-refractivity contribution in [2.24, 2.45) is 0 Å². The lowest BCUT2D eigenvalue weighted by atomic mass is 10.0. The number of hydrogen-bond acceptors (Lipinski definition) is 5. The first-order valence-corrected chi connectivity index (χ1v) is 9.20. The first kappa shape index (κ1) is 16.4. The average molecular weight is 335 g/mol. The van der Waals surface area contributed by atoms with Gasteiger partial charge in [0.2, 0.25) is 10.0 Å². The Morgan fingerprint density at radius 1 is 1.35 bits per heavy atom. The second-order valence-electron chi connectivity index (χ2n) is 6.24. The maximum atomic E-state index is 13.2. The van der Waals surface area contributed by atoms with E-state index in [9.17, 15) is 8.42 Å². The molecule has 0 aromatic heterocycles. The fourth-order valence-electron chi connectivity index (χ4n) is 3.37. The molecule has 2 atom stereocenters. The summed E-state index contributed by atoms with van der Waals surface area (Å²) in [6.07, 6.45) is 0.791. The lowest BCUT2D eigenvalue weighted by Crippen LogP contribution is -2.60. The van der Waals surface area contributed by atoms with E-state index in [2.05, 4.69) is 4.90 Å². The van der Waals surface area contributed by atoms with Crippen LogP contribution in [0.1, 0.15) is 17.5 Å². The van der Waals surface area contributed by atoms with Gasteiger partial charge in [0.15, 0.2) is 0 Å². The summed E-state index contributed by atoms with van der Waals surface area (Å²) in [5.74, 6) is 0. The SMILES string of the molecule is Cc1ccc(C#N)cc1S(=O)(=O)N1CCO[C@H]2CCN(C)C[C@H]21. The molecular weight excluding hydrogens is 314 g/mol. The van der Waals surface area contributed by atoms with Crippen LogP contribution < -0.4 is 0 Å². The number of likely N-dealkylation sites (tertiary alicyclic amines) is 1. The van der Waals surface area contributed by atoms with Crippen molar-refractivity contribution in [2.45, 2.75) is 30.4 Å². The van der Waals surface area contributed by atoms with Crippen molar-refractivity contribution in [3.8, 4) is 6.07 Å². The largest absolute Gasteiger partial charge is 0.375 e. The van der Waals surface area contributed by atoms with Gasteiger partial charge in [-0.15, -0.1) is 0 Å². The highest BCUT2D eigenvalue weighted by molar-refractivity contribution is 7.89. The maximum absolute atomic E-state index is 13.2. The lowest BCUT2D eigenvalue weighted by Gasteiger charge is -2.45. The van der Waals surface area contributed by atoms with Crippen molar-refractivity contribution < 1.29 is 13.2 Å². The zero-order chi connectivity index (χ0) is 16.6. The second kappa shape index (κ2) is 6.21. The van der Waals surface area contributed by atoms with Crippen molar-refractivity contribution in [1.82, 2.24) is 9.21 Å². The lowest BCUT2D eigenvalue weighted by molar-refractivity contribution is -0.0719. The van der Waals surface area contributed by atoms with Gasteiger partial charge in [0.05, 0.1) is 35.3 Å². The zero-order valence-electron chi connectivity index (χ0n) is 13.4. The van der Waals surface area contributed by atoms with Gasteiger partial charge in [0, 0.05) is 19.6 Å². The normalized spacial score (nSPS) is 26.5. The number of nitrogens with zero attached hydrogens (tertiary/aromatic N) is 3. The fourth-order valence-corrected chi connectivity index (χ4v) is 5.25. The number of likely N-dealkylation sites (N-methyl/N-ethyl adjacent to an activating group) is 1. The van der Waals surface area contributed by atoms with Crippen LogP contribution in [0.2, 0.25) is 0 Å². The molecule has 23 heavy (non-hydrogen) atoms. The molecule has 2 heterocycles. The van der Waals surface area contributed by atoms with Crippen molar-refractivity contribution in [1.29, 1.82) is 5.26 Å². The number of hydrogen-bond donors (Lipinski definition) is 0. The Morgan fingerprint density at radius 3 is 2.87 bits per heavy atom. The third kappa shape index (κ3) is 3.00. The predicted octanol–water partition coefficient (Wildman–Crippen LogP) is 0.960. The summed E-state index contributed by atoms with van der Waals surface area (Å²) >= 11 is 0. The second-order valence-corrected chi connectivity index (χ2v) is 8.09. The molecular formula is C16H21N3O3S. The van der Waals surface area contributed by atoms with Gasteiger partial charge in [-0.2, -0.15) is 9.57 Å². The van der Waals surface area contributed by atoms with E-state index in [0.717, 1.165) is 13.0 Å². The number of morpholine rings is 1. The summed E-state index contributed by atoms with van der Waals surface area (Å²) in [5, 5.41) is 9.07. The van der Waals surface area contributed by atoms with Crippen LogP contribution in [0.4, 0.5) is 0 Å². The smallest absolute Gasteiger partial charge is 0.243 e. The van der Waals surface area contributed by atoms with Crippen LogP contribution in [0.5, 0.6) is 0 Å². The van der Waals surface area contributed by atoms with Crippen LogP contribution in [-0.2, 0) is 14.8 Å². The molecule has 0 unspecified atom stereocenters. The van der Waals surface area contributed by atoms with Crippen molar-refractivity contribution >= 4 is 10.0 Å². The molecule has 1 aromatic rings. The molecule has 0 bridgehead atoms. The Bertz CT molecular complexity index is 741. The van der Waals surface area contributed by atoms with Gasteiger partial charge in [0.1, 0.15) is 0 Å². The Hall–Kier alpha value is -1.46. The van der Waals surface area contributed by atoms with Crippen LogP contribution >= 0.6 is 0 Å². The molecule has 2 fully saturated rings. The molecule has 1 aromatic carbocycles. The Balaban J connectivity index is 2.00. The number of fused-ring (bicyclic) bond motifs is 1. The molecule has 2 aliphatic rings. The number of benzene rings is 1. The molecule has 0 aliphatic carbocycles. The molecule has 7 heteroatoms. The first-order valence-electron chi connectivity index (χ1n) is 7.76. The Labute approximate surface area is 137 Å². The third-order valence-corrected chi connectivity index (χ3v) is 6.71. The minimum Gasteiger partial charge on any atom is -0.375 e. The molecule has 2 saturated heterocycles. The van der Waals surface area contributed by atoms with Crippen molar-refractivity contribution in [2.75, 3.05) is 33.3 Å². The van der Waals surface area contributed by atoms with E-state index in [4.69, 9.17) is 10.00 Å². The van der Waals surface area contributed by atoms with Crippen molar-refractivity contribution in [3.05, 3.63) is 29.3 Å². The number of rotatable bonds is 2. The van der Waals surface area contributed by atoms with E-state index in [-0.39, 0.29) is 17.0 Å². The highest BCUT2D eigenvalue weighted by atomic mass is 32.2. The van der Waals surface area contributed by atoms with E-state index < -0.39 is 10.0 Å².